The van der Waals surface area contributed by atoms with Crippen molar-refractivity contribution < 1.29 is 9.59 Å². The van der Waals surface area contributed by atoms with Gasteiger partial charge in [0.05, 0.1) is 11.8 Å². The molecule has 1 aliphatic heterocycles. The minimum Gasteiger partial charge on any atom is -0.285 e. The SMILES string of the molecule is CC1CC(C)C2C3CC(C4C(=O)N(C)C(=O)C34)C12. The fourth-order valence-corrected chi connectivity index (χ4v) is 6.24. The molecule has 0 N–H and O–H groups in total. The first-order chi connectivity index (χ1) is 8.52. The fraction of sp³-hybridized carbons (Fsp3) is 0.867. The highest BCUT2D eigenvalue weighted by Crippen LogP contribution is 2.67. The molecule has 2 bridgehead atoms. The summed E-state index contributed by atoms with van der Waals surface area (Å²) in [5.74, 6) is 4.25. The summed E-state index contributed by atoms with van der Waals surface area (Å²) in [4.78, 5) is 25.9. The number of hydrogen-bond acceptors (Lipinski definition) is 2. The zero-order chi connectivity index (χ0) is 12.8. The summed E-state index contributed by atoms with van der Waals surface area (Å²) < 4.78 is 0. The van der Waals surface area contributed by atoms with Gasteiger partial charge in [-0.2, -0.15) is 0 Å². The number of nitrogens with zero attached hydrogens (tertiary/aromatic N) is 1. The van der Waals surface area contributed by atoms with E-state index >= 15 is 0 Å². The first kappa shape index (κ1) is 11.0. The third-order valence-corrected chi connectivity index (χ3v) is 6.58. The summed E-state index contributed by atoms with van der Waals surface area (Å²) in [5.41, 5.74) is 0. The molecule has 3 heteroatoms. The first-order valence-corrected chi connectivity index (χ1v) is 7.33. The number of amides is 2. The maximum absolute atomic E-state index is 12.3. The van der Waals surface area contributed by atoms with Gasteiger partial charge < -0.3 is 0 Å². The average molecular weight is 247 g/mol. The highest BCUT2D eigenvalue weighted by atomic mass is 16.2. The van der Waals surface area contributed by atoms with Crippen LogP contribution in [0.25, 0.3) is 0 Å². The molecule has 4 rings (SSSR count). The lowest BCUT2D eigenvalue weighted by atomic mass is 9.67. The van der Waals surface area contributed by atoms with Crippen LogP contribution in [0.15, 0.2) is 0 Å². The zero-order valence-corrected chi connectivity index (χ0v) is 11.3. The summed E-state index contributed by atoms with van der Waals surface area (Å²) in [5, 5.41) is 0. The molecule has 8 atom stereocenters. The van der Waals surface area contributed by atoms with E-state index in [4.69, 9.17) is 0 Å². The number of carbonyl (C=O) groups is 2. The smallest absolute Gasteiger partial charge is 0.233 e. The molecule has 4 fully saturated rings. The molecular weight excluding hydrogens is 226 g/mol. The Hall–Kier alpha value is -0.860. The third-order valence-electron chi connectivity index (χ3n) is 6.58. The Bertz CT molecular complexity index is 408. The van der Waals surface area contributed by atoms with Crippen LogP contribution in [-0.2, 0) is 9.59 Å². The van der Waals surface area contributed by atoms with Crippen molar-refractivity contribution in [3.05, 3.63) is 0 Å². The third kappa shape index (κ3) is 0.996. The van der Waals surface area contributed by atoms with E-state index in [1.807, 2.05) is 0 Å². The summed E-state index contributed by atoms with van der Waals surface area (Å²) in [6.45, 7) is 4.70. The molecule has 3 nitrogen and oxygen atoms in total. The molecule has 3 saturated carbocycles. The van der Waals surface area contributed by atoms with Crippen molar-refractivity contribution in [1.82, 2.24) is 4.90 Å². The van der Waals surface area contributed by atoms with E-state index in [2.05, 4.69) is 13.8 Å². The van der Waals surface area contributed by atoms with Crippen LogP contribution in [0.5, 0.6) is 0 Å². The number of fused-ring (bicyclic) bond motifs is 8. The summed E-state index contributed by atoms with van der Waals surface area (Å²) in [6.07, 6.45) is 2.44. The Labute approximate surface area is 108 Å². The van der Waals surface area contributed by atoms with E-state index in [-0.39, 0.29) is 23.7 Å². The molecule has 98 valence electrons. The Morgan fingerprint density at radius 2 is 1.33 bits per heavy atom. The van der Waals surface area contributed by atoms with Gasteiger partial charge >= 0.3 is 0 Å². The quantitative estimate of drug-likeness (QED) is 0.612. The molecule has 0 spiro atoms. The zero-order valence-electron chi connectivity index (χ0n) is 11.3. The Morgan fingerprint density at radius 3 is 1.78 bits per heavy atom. The molecule has 0 aromatic carbocycles. The molecular formula is C15H21NO2. The largest absolute Gasteiger partial charge is 0.285 e. The Kier molecular flexibility index (Phi) is 1.94. The van der Waals surface area contributed by atoms with E-state index < -0.39 is 0 Å². The Balaban J connectivity index is 1.77. The minimum absolute atomic E-state index is 0.0431. The van der Waals surface area contributed by atoms with E-state index in [0.717, 1.165) is 30.1 Å². The van der Waals surface area contributed by atoms with Crippen LogP contribution >= 0.6 is 0 Å². The molecule has 0 aromatic rings. The average Bonchev–Trinajstić information content (AvgIpc) is 3.00. The summed E-state index contributed by atoms with van der Waals surface area (Å²) in [6, 6.07) is 0. The summed E-state index contributed by atoms with van der Waals surface area (Å²) in [7, 11) is 1.67. The van der Waals surface area contributed by atoms with Gasteiger partial charge in [0.2, 0.25) is 11.8 Å². The summed E-state index contributed by atoms with van der Waals surface area (Å²) >= 11 is 0. The van der Waals surface area contributed by atoms with Gasteiger partial charge in [0.1, 0.15) is 0 Å². The normalized spacial score (nSPS) is 57.4. The second kappa shape index (κ2) is 3.17. The van der Waals surface area contributed by atoms with Crippen LogP contribution in [0.3, 0.4) is 0 Å². The van der Waals surface area contributed by atoms with Crippen LogP contribution in [0.4, 0.5) is 0 Å². The van der Waals surface area contributed by atoms with Crippen molar-refractivity contribution in [2.45, 2.75) is 26.7 Å². The maximum atomic E-state index is 12.3. The first-order valence-electron chi connectivity index (χ1n) is 7.33. The topological polar surface area (TPSA) is 37.4 Å². The van der Waals surface area contributed by atoms with E-state index in [1.165, 1.54) is 11.3 Å². The van der Waals surface area contributed by atoms with Crippen LogP contribution in [0, 0.1) is 47.3 Å². The van der Waals surface area contributed by atoms with E-state index in [9.17, 15) is 9.59 Å². The van der Waals surface area contributed by atoms with Gasteiger partial charge in [0.15, 0.2) is 0 Å². The second-order valence-corrected chi connectivity index (χ2v) is 7.20. The minimum atomic E-state index is 0.0431. The monoisotopic (exact) mass is 247 g/mol. The standard InChI is InChI=1S/C15H21NO2/c1-6-4-7(2)11-9-5-8(10(6)11)12-13(9)15(18)16(3)14(12)17/h6-13H,4-5H2,1-3H3. The van der Waals surface area contributed by atoms with Gasteiger partial charge in [-0.1, -0.05) is 13.8 Å². The van der Waals surface area contributed by atoms with Crippen molar-refractivity contribution in [1.29, 1.82) is 0 Å². The van der Waals surface area contributed by atoms with Crippen LogP contribution < -0.4 is 0 Å². The number of likely N-dealkylation sites (tertiary alicyclic amines) is 1. The van der Waals surface area contributed by atoms with Crippen LogP contribution in [0.2, 0.25) is 0 Å². The lowest BCUT2D eigenvalue weighted by Crippen LogP contribution is -2.37. The van der Waals surface area contributed by atoms with Gasteiger partial charge in [-0.3, -0.25) is 14.5 Å². The second-order valence-electron chi connectivity index (χ2n) is 7.20. The number of imide groups is 1. The predicted octanol–water partition coefficient (Wildman–Crippen LogP) is 1.78. The van der Waals surface area contributed by atoms with Crippen molar-refractivity contribution in [3.63, 3.8) is 0 Å². The molecule has 1 saturated heterocycles. The fourth-order valence-electron chi connectivity index (χ4n) is 6.24. The predicted molar refractivity (Wildman–Crippen MR) is 66.3 cm³/mol. The van der Waals surface area contributed by atoms with Crippen molar-refractivity contribution >= 4 is 11.8 Å². The highest BCUT2D eigenvalue weighted by molar-refractivity contribution is 6.05. The van der Waals surface area contributed by atoms with Gasteiger partial charge in [0.25, 0.3) is 0 Å². The molecule has 8 unspecified atom stereocenters. The Morgan fingerprint density at radius 1 is 0.889 bits per heavy atom. The molecule has 2 amide bonds. The number of hydrogen-bond donors (Lipinski definition) is 0. The maximum Gasteiger partial charge on any atom is 0.233 e. The van der Waals surface area contributed by atoms with Crippen molar-refractivity contribution in [3.8, 4) is 0 Å². The van der Waals surface area contributed by atoms with Gasteiger partial charge in [-0.15, -0.1) is 0 Å². The number of rotatable bonds is 0. The molecule has 0 radical (unpaired) electrons. The molecule has 1 heterocycles. The highest BCUT2D eigenvalue weighted by Gasteiger charge is 2.69. The lowest BCUT2D eigenvalue weighted by molar-refractivity contribution is -0.139. The molecule has 0 aromatic heterocycles. The van der Waals surface area contributed by atoms with Crippen LogP contribution in [-0.4, -0.2) is 23.8 Å². The van der Waals surface area contributed by atoms with E-state index in [0.29, 0.717) is 11.8 Å². The van der Waals surface area contributed by atoms with Gasteiger partial charge in [0, 0.05) is 7.05 Å². The van der Waals surface area contributed by atoms with E-state index in [1.54, 1.807) is 7.05 Å². The number of carbonyl (C=O) groups excluding carboxylic acids is 2. The van der Waals surface area contributed by atoms with Gasteiger partial charge in [-0.05, 0) is 48.3 Å². The molecule has 4 aliphatic rings. The van der Waals surface area contributed by atoms with Gasteiger partial charge in [-0.25, -0.2) is 0 Å². The molecule has 18 heavy (non-hydrogen) atoms. The van der Waals surface area contributed by atoms with Crippen LogP contribution in [0.1, 0.15) is 26.7 Å². The molecule has 3 aliphatic carbocycles. The van der Waals surface area contributed by atoms with Crippen molar-refractivity contribution in [2.24, 2.45) is 47.3 Å². The van der Waals surface area contributed by atoms with Crippen molar-refractivity contribution in [2.75, 3.05) is 7.05 Å². The lowest BCUT2D eigenvalue weighted by Gasteiger charge is -2.34.